The number of nitrogens with two attached hydrogens (primary N) is 1. The first-order chi connectivity index (χ1) is 10.0. The molecule has 2 nitrogen and oxygen atoms in total. The molecular weight excluding hydrogens is 265 g/mol. The van der Waals surface area contributed by atoms with Gasteiger partial charge in [-0.05, 0) is 49.6 Å². The monoisotopic (exact) mass is 287 g/mol. The number of rotatable bonds is 5. The van der Waals surface area contributed by atoms with Gasteiger partial charge in [-0.2, -0.15) is 0 Å². The molecule has 0 saturated carbocycles. The Bertz CT molecular complexity index is 612. The molecule has 21 heavy (non-hydrogen) atoms. The molecule has 3 heteroatoms. The lowest BCUT2D eigenvalue weighted by molar-refractivity contribution is 0.169. The second-order valence-electron chi connectivity index (χ2n) is 5.43. The highest BCUT2D eigenvalue weighted by atomic mass is 19.1. The van der Waals surface area contributed by atoms with Crippen molar-refractivity contribution in [3.05, 3.63) is 65.0 Å². The summed E-state index contributed by atoms with van der Waals surface area (Å²) in [5, 5.41) is 0. The van der Waals surface area contributed by atoms with E-state index in [-0.39, 0.29) is 18.0 Å². The molecule has 2 aromatic carbocycles. The number of benzene rings is 2. The molecule has 2 aromatic rings. The first-order valence-electron chi connectivity index (χ1n) is 7.26. The Kier molecular flexibility index (Phi) is 4.97. The van der Waals surface area contributed by atoms with Gasteiger partial charge in [0.1, 0.15) is 17.7 Å². The zero-order chi connectivity index (χ0) is 15.4. The molecule has 0 aliphatic heterocycles. The summed E-state index contributed by atoms with van der Waals surface area (Å²) < 4.78 is 19.6. The Labute approximate surface area is 125 Å². The van der Waals surface area contributed by atoms with Crippen LogP contribution in [-0.2, 0) is 0 Å². The minimum Gasteiger partial charge on any atom is -0.484 e. The molecule has 0 aliphatic rings. The van der Waals surface area contributed by atoms with Gasteiger partial charge in [0.25, 0.3) is 0 Å². The van der Waals surface area contributed by atoms with Crippen LogP contribution in [0.1, 0.15) is 36.1 Å². The molecule has 0 bridgehead atoms. The summed E-state index contributed by atoms with van der Waals surface area (Å²) in [6, 6.07) is 12.3. The third-order valence-corrected chi connectivity index (χ3v) is 3.62. The molecule has 0 amide bonds. The van der Waals surface area contributed by atoms with Gasteiger partial charge in [0, 0.05) is 6.04 Å². The van der Waals surface area contributed by atoms with Crippen molar-refractivity contribution in [2.45, 2.75) is 39.3 Å². The van der Waals surface area contributed by atoms with Crippen LogP contribution in [0.4, 0.5) is 4.39 Å². The van der Waals surface area contributed by atoms with E-state index < -0.39 is 0 Å². The third-order valence-electron chi connectivity index (χ3n) is 3.62. The number of ether oxygens (including phenoxy) is 1. The van der Waals surface area contributed by atoms with Gasteiger partial charge in [-0.1, -0.05) is 36.8 Å². The van der Waals surface area contributed by atoms with Crippen LogP contribution >= 0.6 is 0 Å². The van der Waals surface area contributed by atoms with Crippen LogP contribution in [0.3, 0.4) is 0 Å². The van der Waals surface area contributed by atoms with Crippen molar-refractivity contribution in [3.63, 3.8) is 0 Å². The molecular formula is C18H22FNO. The second-order valence-corrected chi connectivity index (χ2v) is 5.43. The molecule has 0 aliphatic carbocycles. The summed E-state index contributed by atoms with van der Waals surface area (Å²) in [6.45, 7) is 6.05. The van der Waals surface area contributed by atoms with Gasteiger partial charge < -0.3 is 10.5 Å². The molecule has 2 N–H and O–H groups in total. The van der Waals surface area contributed by atoms with E-state index in [9.17, 15) is 4.39 Å². The minimum atomic E-state index is -0.355. The zero-order valence-corrected chi connectivity index (χ0v) is 12.8. The Hall–Kier alpha value is -1.87. The molecule has 2 atom stereocenters. The molecule has 0 spiro atoms. The van der Waals surface area contributed by atoms with Gasteiger partial charge in [-0.3, -0.25) is 0 Å². The summed E-state index contributed by atoms with van der Waals surface area (Å²) >= 11 is 0. The normalized spacial score (nSPS) is 13.8. The summed E-state index contributed by atoms with van der Waals surface area (Å²) in [6.07, 6.45) is 0.402. The van der Waals surface area contributed by atoms with Crippen molar-refractivity contribution < 1.29 is 9.13 Å². The fraction of sp³-hybridized carbons (Fsp3) is 0.333. The van der Waals surface area contributed by atoms with E-state index in [1.54, 1.807) is 6.07 Å². The van der Waals surface area contributed by atoms with Crippen LogP contribution in [0.25, 0.3) is 0 Å². The molecule has 0 heterocycles. The molecule has 0 fully saturated rings. The standard InChI is InChI=1S/C18H22FNO/c1-4-16(20)18(14-6-5-7-15(19)11-14)21-17-9-8-12(2)10-13(17)3/h5-11,16,18H,4,20H2,1-3H3. The van der Waals surface area contributed by atoms with Crippen LogP contribution in [0.15, 0.2) is 42.5 Å². The summed E-state index contributed by atoms with van der Waals surface area (Å²) in [5.74, 6) is 0.517. The third kappa shape index (κ3) is 3.82. The quantitative estimate of drug-likeness (QED) is 0.890. The van der Waals surface area contributed by atoms with E-state index >= 15 is 0 Å². The molecule has 112 valence electrons. The van der Waals surface area contributed by atoms with Crippen molar-refractivity contribution in [1.29, 1.82) is 0 Å². The number of hydrogen-bond donors (Lipinski definition) is 1. The number of halogens is 1. The molecule has 0 aromatic heterocycles. The van der Waals surface area contributed by atoms with Crippen LogP contribution in [0, 0.1) is 19.7 Å². The first-order valence-corrected chi connectivity index (χ1v) is 7.26. The smallest absolute Gasteiger partial charge is 0.139 e. The molecule has 2 rings (SSSR count). The molecule has 2 unspecified atom stereocenters. The van der Waals surface area contributed by atoms with Gasteiger partial charge >= 0.3 is 0 Å². The van der Waals surface area contributed by atoms with E-state index in [0.29, 0.717) is 0 Å². The Morgan fingerprint density at radius 1 is 1.14 bits per heavy atom. The van der Waals surface area contributed by atoms with Gasteiger partial charge in [0.2, 0.25) is 0 Å². The predicted molar refractivity (Wildman–Crippen MR) is 84.0 cm³/mol. The predicted octanol–water partition coefficient (Wildman–Crippen LogP) is 4.30. The lowest BCUT2D eigenvalue weighted by atomic mass is 10.0. The molecule has 0 saturated heterocycles. The van der Waals surface area contributed by atoms with Crippen LogP contribution in [0.5, 0.6) is 5.75 Å². The fourth-order valence-corrected chi connectivity index (χ4v) is 2.37. The lowest BCUT2D eigenvalue weighted by Crippen LogP contribution is -2.31. The van der Waals surface area contributed by atoms with Crippen molar-refractivity contribution in [2.75, 3.05) is 0 Å². The zero-order valence-electron chi connectivity index (χ0n) is 12.8. The highest BCUT2D eigenvalue weighted by Gasteiger charge is 2.21. The fourth-order valence-electron chi connectivity index (χ4n) is 2.37. The Morgan fingerprint density at radius 3 is 2.52 bits per heavy atom. The second kappa shape index (κ2) is 6.72. The van der Waals surface area contributed by atoms with Crippen LogP contribution in [-0.4, -0.2) is 6.04 Å². The molecule has 0 radical (unpaired) electrons. The number of aryl methyl sites for hydroxylation is 2. The van der Waals surface area contributed by atoms with Crippen LogP contribution < -0.4 is 10.5 Å². The van der Waals surface area contributed by atoms with E-state index in [0.717, 1.165) is 23.3 Å². The summed E-state index contributed by atoms with van der Waals surface area (Å²) in [4.78, 5) is 0. The van der Waals surface area contributed by atoms with E-state index in [4.69, 9.17) is 10.5 Å². The van der Waals surface area contributed by atoms with Crippen molar-refractivity contribution in [1.82, 2.24) is 0 Å². The van der Waals surface area contributed by atoms with E-state index in [1.165, 1.54) is 17.7 Å². The van der Waals surface area contributed by atoms with Crippen LogP contribution in [0.2, 0.25) is 0 Å². The van der Waals surface area contributed by atoms with Crippen molar-refractivity contribution in [2.24, 2.45) is 5.73 Å². The summed E-state index contributed by atoms with van der Waals surface area (Å²) in [7, 11) is 0. The van der Waals surface area contributed by atoms with Gasteiger partial charge in [0.15, 0.2) is 0 Å². The SMILES string of the molecule is CCC(N)C(Oc1ccc(C)cc1C)c1cccc(F)c1. The maximum atomic E-state index is 13.5. The minimum absolute atomic E-state index is 0.187. The average Bonchev–Trinajstić information content (AvgIpc) is 2.45. The highest BCUT2D eigenvalue weighted by Crippen LogP contribution is 2.28. The Morgan fingerprint density at radius 2 is 1.90 bits per heavy atom. The first kappa shape index (κ1) is 15.5. The van der Waals surface area contributed by atoms with Gasteiger partial charge in [-0.25, -0.2) is 4.39 Å². The van der Waals surface area contributed by atoms with E-state index in [1.807, 2.05) is 39.0 Å². The van der Waals surface area contributed by atoms with Gasteiger partial charge in [0.05, 0.1) is 0 Å². The lowest BCUT2D eigenvalue weighted by Gasteiger charge is -2.25. The maximum absolute atomic E-state index is 13.5. The summed E-state index contributed by atoms with van der Waals surface area (Å²) in [5.41, 5.74) is 9.19. The maximum Gasteiger partial charge on any atom is 0.139 e. The Balaban J connectivity index is 2.33. The number of hydrogen-bond acceptors (Lipinski definition) is 2. The topological polar surface area (TPSA) is 35.2 Å². The average molecular weight is 287 g/mol. The van der Waals surface area contributed by atoms with Crippen molar-refractivity contribution in [3.8, 4) is 5.75 Å². The van der Waals surface area contributed by atoms with E-state index in [2.05, 4.69) is 6.07 Å². The van der Waals surface area contributed by atoms with Crippen molar-refractivity contribution >= 4 is 0 Å². The largest absolute Gasteiger partial charge is 0.484 e. The highest BCUT2D eigenvalue weighted by molar-refractivity contribution is 5.36. The van der Waals surface area contributed by atoms with Gasteiger partial charge in [-0.15, -0.1) is 0 Å².